The smallest absolute Gasteiger partial charge is 0.407 e. The molecule has 2 unspecified atom stereocenters. The molecule has 1 aromatic carbocycles. The second-order valence-corrected chi connectivity index (χ2v) is 8.32. The Bertz CT molecular complexity index is 924. The van der Waals surface area contributed by atoms with Gasteiger partial charge in [0.2, 0.25) is 5.91 Å². The summed E-state index contributed by atoms with van der Waals surface area (Å²) in [5.74, 6) is -0.232. The molecule has 3 rings (SSSR count). The zero-order valence-corrected chi connectivity index (χ0v) is 19.1. The SMILES string of the molecule is O=C(NC(Cc1ccc(O)cc1)C(=O)NCC1CC(Br)=NO1)OCCC1=CC=CCC=C1. The van der Waals surface area contributed by atoms with Crippen molar-refractivity contribution in [3.8, 4) is 5.75 Å². The van der Waals surface area contributed by atoms with Gasteiger partial charge in [-0.25, -0.2) is 4.79 Å². The third kappa shape index (κ3) is 7.88. The number of nitrogens with zero attached hydrogens (tertiary/aromatic N) is 1. The number of allylic oxidation sites excluding steroid dienone is 5. The van der Waals surface area contributed by atoms with Gasteiger partial charge in [0.15, 0.2) is 6.10 Å². The van der Waals surface area contributed by atoms with Crippen molar-refractivity contribution in [1.29, 1.82) is 0 Å². The number of benzene rings is 1. The number of nitrogens with one attached hydrogen (secondary N) is 2. The lowest BCUT2D eigenvalue weighted by molar-refractivity contribution is -0.123. The highest BCUT2D eigenvalue weighted by molar-refractivity contribution is 9.18. The number of ether oxygens (including phenoxy) is 1. The first-order chi connectivity index (χ1) is 15.5. The van der Waals surface area contributed by atoms with Crippen LogP contribution in [0.2, 0.25) is 0 Å². The molecule has 0 aromatic heterocycles. The van der Waals surface area contributed by atoms with Crippen molar-refractivity contribution in [3.05, 3.63) is 65.8 Å². The number of aromatic hydroxyl groups is 1. The van der Waals surface area contributed by atoms with E-state index in [1.54, 1.807) is 12.1 Å². The summed E-state index contributed by atoms with van der Waals surface area (Å²) in [6.45, 7) is 0.457. The van der Waals surface area contributed by atoms with Gasteiger partial charge >= 0.3 is 6.09 Å². The van der Waals surface area contributed by atoms with Crippen molar-refractivity contribution in [2.24, 2.45) is 5.16 Å². The molecule has 0 saturated carbocycles. The van der Waals surface area contributed by atoms with Crippen molar-refractivity contribution < 1.29 is 24.3 Å². The molecule has 2 atom stereocenters. The lowest BCUT2D eigenvalue weighted by Crippen LogP contribution is -2.49. The average Bonchev–Trinajstić information content (AvgIpc) is 3.02. The van der Waals surface area contributed by atoms with Gasteiger partial charge in [0.05, 0.1) is 13.2 Å². The van der Waals surface area contributed by atoms with E-state index in [0.29, 0.717) is 17.5 Å². The van der Waals surface area contributed by atoms with E-state index in [1.165, 1.54) is 12.1 Å². The molecule has 0 fully saturated rings. The van der Waals surface area contributed by atoms with Crippen molar-refractivity contribution in [2.75, 3.05) is 13.2 Å². The number of phenolic OH excluding ortho intramolecular Hbond substituents is 1. The molecular formula is C23H26BrN3O5. The van der Waals surface area contributed by atoms with Gasteiger partial charge in [-0.2, -0.15) is 0 Å². The third-order valence-corrected chi connectivity index (χ3v) is 5.33. The summed E-state index contributed by atoms with van der Waals surface area (Å²) in [6, 6.07) is 5.62. The highest BCUT2D eigenvalue weighted by Crippen LogP contribution is 2.14. The lowest BCUT2D eigenvalue weighted by atomic mass is 10.0. The number of alkyl carbamates (subject to hydrolysis) is 1. The van der Waals surface area contributed by atoms with E-state index in [1.807, 2.05) is 30.4 Å². The fourth-order valence-electron chi connectivity index (χ4n) is 3.15. The topological polar surface area (TPSA) is 109 Å². The van der Waals surface area contributed by atoms with E-state index in [9.17, 15) is 14.7 Å². The molecule has 0 spiro atoms. The average molecular weight is 504 g/mol. The van der Waals surface area contributed by atoms with Crippen LogP contribution in [0, 0.1) is 0 Å². The van der Waals surface area contributed by atoms with Crippen LogP contribution in [0.4, 0.5) is 4.79 Å². The molecule has 32 heavy (non-hydrogen) atoms. The molecule has 3 N–H and O–H groups in total. The maximum absolute atomic E-state index is 12.8. The second-order valence-electron chi connectivity index (χ2n) is 7.41. The first-order valence-corrected chi connectivity index (χ1v) is 11.2. The van der Waals surface area contributed by atoms with Gasteiger partial charge < -0.3 is 25.3 Å². The van der Waals surface area contributed by atoms with Gasteiger partial charge in [0.25, 0.3) is 0 Å². The van der Waals surface area contributed by atoms with Crippen LogP contribution < -0.4 is 10.6 Å². The third-order valence-electron chi connectivity index (χ3n) is 4.86. The van der Waals surface area contributed by atoms with Crippen molar-refractivity contribution >= 4 is 32.6 Å². The van der Waals surface area contributed by atoms with Crippen molar-refractivity contribution in [3.63, 3.8) is 0 Å². The van der Waals surface area contributed by atoms with Gasteiger partial charge in [-0.15, -0.1) is 0 Å². The lowest BCUT2D eigenvalue weighted by Gasteiger charge is -2.19. The zero-order valence-electron chi connectivity index (χ0n) is 17.5. The Morgan fingerprint density at radius 3 is 2.84 bits per heavy atom. The number of halogens is 1. The minimum atomic E-state index is -0.849. The standard InChI is InChI=1S/C23H26BrN3O5/c24-21-14-19(32-27-21)15-25-22(29)20(13-17-7-9-18(28)10-8-17)26-23(30)31-12-11-16-5-3-1-2-4-6-16/h1,3-10,19-20,28H,2,11-15H2,(H,25,29)(H,26,30). The Morgan fingerprint density at radius 1 is 1.28 bits per heavy atom. The number of amides is 2. The van der Waals surface area contributed by atoms with Gasteiger partial charge in [-0.05, 0) is 45.6 Å². The van der Waals surface area contributed by atoms with Gasteiger partial charge in [0, 0.05) is 19.3 Å². The molecule has 0 bridgehead atoms. The zero-order chi connectivity index (χ0) is 22.8. The largest absolute Gasteiger partial charge is 0.508 e. The van der Waals surface area contributed by atoms with E-state index in [0.717, 1.165) is 17.6 Å². The van der Waals surface area contributed by atoms with Crippen LogP contribution in [0.1, 0.15) is 24.8 Å². The van der Waals surface area contributed by atoms with Gasteiger partial charge in [0.1, 0.15) is 16.4 Å². The number of carbonyl (C=O) groups excluding carboxylic acids is 2. The molecule has 170 valence electrons. The molecular weight excluding hydrogens is 478 g/mol. The molecule has 1 heterocycles. The molecule has 1 aliphatic carbocycles. The summed E-state index contributed by atoms with van der Waals surface area (Å²) in [4.78, 5) is 30.3. The Hall–Kier alpha value is -3.07. The van der Waals surface area contributed by atoms with Gasteiger partial charge in [-0.3, -0.25) is 4.79 Å². The Balaban J connectivity index is 1.53. The number of phenols is 1. The van der Waals surface area contributed by atoms with E-state index < -0.39 is 12.1 Å². The highest BCUT2D eigenvalue weighted by Gasteiger charge is 2.25. The minimum Gasteiger partial charge on any atom is -0.508 e. The number of hydrogen-bond acceptors (Lipinski definition) is 6. The monoisotopic (exact) mass is 503 g/mol. The van der Waals surface area contributed by atoms with Crippen molar-refractivity contribution in [1.82, 2.24) is 10.6 Å². The Labute approximate surface area is 195 Å². The van der Waals surface area contributed by atoms with Crippen molar-refractivity contribution in [2.45, 2.75) is 37.8 Å². The quantitative estimate of drug-likeness (QED) is 0.477. The van der Waals surface area contributed by atoms with Crippen LogP contribution >= 0.6 is 15.9 Å². The molecule has 2 aliphatic rings. The fraction of sp³-hybridized carbons (Fsp3) is 0.348. The van der Waals surface area contributed by atoms with Crippen LogP contribution in [0.25, 0.3) is 0 Å². The second kappa shape index (κ2) is 12.1. The predicted octanol–water partition coefficient (Wildman–Crippen LogP) is 3.48. The number of hydrogen-bond donors (Lipinski definition) is 3. The summed E-state index contributed by atoms with van der Waals surface area (Å²) >= 11 is 3.26. The van der Waals surface area contributed by atoms with E-state index in [4.69, 9.17) is 9.57 Å². The predicted molar refractivity (Wildman–Crippen MR) is 125 cm³/mol. The normalized spacial score (nSPS) is 18.1. The Kier molecular flexibility index (Phi) is 8.91. The van der Waals surface area contributed by atoms with E-state index in [2.05, 4.69) is 31.7 Å². The first kappa shape index (κ1) is 23.6. The first-order valence-electron chi connectivity index (χ1n) is 10.4. The van der Waals surface area contributed by atoms with Crippen LogP contribution in [0.5, 0.6) is 5.75 Å². The summed E-state index contributed by atoms with van der Waals surface area (Å²) in [5, 5.41) is 18.7. The molecule has 0 saturated heterocycles. The van der Waals surface area contributed by atoms with Gasteiger partial charge in [-0.1, -0.05) is 47.7 Å². The molecule has 1 aromatic rings. The molecule has 9 heteroatoms. The maximum atomic E-state index is 12.8. The van der Waals surface area contributed by atoms with Crippen LogP contribution in [-0.4, -0.2) is 47.0 Å². The van der Waals surface area contributed by atoms with E-state index >= 15 is 0 Å². The fourth-order valence-corrected chi connectivity index (χ4v) is 3.60. The van der Waals surface area contributed by atoms with Crippen LogP contribution in [-0.2, 0) is 20.8 Å². The summed E-state index contributed by atoms with van der Waals surface area (Å²) in [7, 11) is 0. The molecule has 0 radical (unpaired) electrons. The van der Waals surface area contributed by atoms with Crippen LogP contribution in [0.15, 0.2) is 65.4 Å². The highest BCUT2D eigenvalue weighted by atomic mass is 79.9. The number of carbonyl (C=O) groups is 2. The number of rotatable bonds is 9. The van der Waals surface area contributed by atoms with Crippen LogP contribution in [0.3, 0.4) is 0 Å². The summed E-state index contributed by atoms with van der Waals surface area (Å²) in [6.07, 6.45) is 11.4. The van der Waals surface area contributed by atoms with E-state index in [-0.39, 0.29) is 37.3 Å². The summed E-state index contributed by atoms with van der Waals surface area (Å²) < 4.78 is 5.99. The maximum Gasteiger partial charge on any atom is 0.407 e. The molecule has 2 amide bonds. The number of oxime groups is 1. The molecule has 1 aliphatic heterocycles. The Morgan fingerprint density at radius 2 is 2.09 bits per heavy atom. The minimum absolute atomic E-state index is 0.128. The summed E-state index contributed by atoms with van der Waals surface area (Å²) in [5.41, 5.74) is 1.85. The molecule has 8 nitrogen and oxygen atoms in total.